The van der Waals surface area contributed by atoms with E-state index < -0.39 is 0 Å². The highest BCUT2D eigenvalue weighted by Crippen LogP contribution is 2.19. The Kier molecular flexibility index (Phi) is 5.02. The molecule has 0 unspecified atom stereocenters. The van der Waals surface area contributed by atoms with Gasteiger partial charge in [0.2, 0.25) is 0 Å². The lowest BCUT2D eigenvalue weighted by Crippen LogP contribution is -2.24. The largest absolute Gasteiger partial charge is 0.496 e. The highest BCUT2D eigenvalue weighted by atomic mass is 16.5. The molecule has 0 aliphatic rings. The van der Waals surface area contributed by atoms with E-state index in [1.165, 1.54) is 0 Å². The summed E-state index contributed by atoms with van der Waals surface area (Å²) in [6, 6.07) is 13.8. The number of benzene rings is 2. The molecule has 0 saturated heterocycles. The van der Waals surface area contributed by atoms with Gasteiger partial charge in [-0.2, -0.15) is 0 Å². The summed E-state index contributed by atoms with van der Waals surface area (Å²) in [5, 5.41) is 11.1. The molecule has 6 nitrogen and oxygen atoms in total. The Hall–Kier alpha value is -3.15. The summed E-state index contributed by atoms with van der Waals surface area (Å²) in [7, 11) is 1.64. The van der Waals surface area contributed by atoms with E-state index in [-0.39, 0.29) is 5.91 Å². The van der Waals surface area contributed by atoms with Crippen molar-refractivity contribution < 1.29 is 9.53 Å². The van der Waals surface area contributed by atoms with Gasteiger partial charge in [0.1, 0.15) is 5.75 Å². The summed E-state index contributed by atoms with van der Waals surface area (Å²) in [6.45, 7) is 6.23. The molecule has 0 bridgehead atoms. The molecule has 1 amide bonds. The number of rotatable bonds is 5. The van der Waals surface area contributed by atoms with Crippen LogP contribution < -0.4 is 10.1 Å². The monoisotopic (exact) mass is 350 g/mol. The van der Waals surface area contributed by atoms with Crippen molar-refractivity contribution in [2.24, 2.45) is 0 Å². The second-order valence-corrected chi connectivity index (χ2v) is 6.26. The van der Waals surface area contributed by atoms with Crippen molar-refractivity contribution in [3.63, 3.8) is 0 Å². The number of aromatic nitrogens is 3. The minimum atomic E-state index is -0.249. The molecule has 0 saturated carbocycles. The predicted octanol–water partition coefficient (Wildman–Crippen LogP) is 3.13. The number of methoxy groups -OCH3 is 1. The molecule has 1 heterocycles. The zero-order valence-corrected chi connectivity index (χ0v) is 15.4. The van der Waals surface area contributed by atoms with Crippen LogP contribution in [-0.4, -0.2) is 28.0 Å². The Balaban J connectivity index is 1.75. The molecule has 3 aromatic rings. The number of carbonyl (C=O) groups is 1. The van der Waals surface area contributed by atoms with Crippen LogP contribution in [-0.2, 0) is 6.54 Å². The maximum Gasteiger partial charge on any atom is 0.274 e. The zero-order valence-electron chi connectivity index (χ0n) is 15.4. The molecule has 3 rings (SSSR count). The zero-order chi connectivity index (χ0) is 18.7. The Labute approximate surface area is 152 Å². The first kappa shape index (κ1) is 17.7. The lowest BCUT2D eigenvalue weighted by Gasteiger charge is -2.09. The van der Waals surface area contributed by atoms with Gasteiger partial charge in [-0.25, -0.2) is 4.68 Å². The van der Waals surface area contributed by atoms with Gasteiger partial charge in [0.25, 0.3) is 5.91 Å². The van der Waals surface area contributed by atoms with Crippen molar-refractivity contribution >= 4 is 5.91 Å². The summed E-state index contributed by atoms with van der Waals surface area (Å²) in [4.78, 5) is 12.5. The van der Waals surface area contributed by atoms with Crippen LogP contribution in [0.1, 0.15) is 32.9 Å². The average Bonchev–Trinajstić information content (AvgIpc) is 3.02. The van der Waals surface area contributed by atoms with Crippen LogP contribution in [0.4, 0.5) is 0 Å². The van der Waals surface area contributed by atoms with Crippen molar-refractivity contribution in [1.82, 2.24) is 20.3 Å². The molecule has 0 aliphatic carbocycles. The van der Waals surface area contributed by atoms with E-state index in [1.54, 1.807) is 11.8 Å². The number of aryl methyl sites for hydroxylation is 2. The molecule has 0 aliphatic heterocycles. The van der Waals surface area contributed by atoms with Crippen LogP contribution in [0.25, 0.3) is 5.69 Å². The van der Waals surface area contributed by atoms with Gasteiger partial charge in [-0.15, -0.1) is 5.10 Å². The van der Waals surface area contributed by atoms with E-state index in [9.17, 15) is 4.79 Å². The number of ether oxygens (including phenoxy) is 1. The first-order chi connectivity index (χ1) is 12.5. The van der Waals surface area contributed by atoms with Crippen LogP contribution in [0, 0.1) is 20.8 Å². The molecule has 26 heavy (non-hydrogen) atoms. The van der Waals surface area contributed by atoms with Gasteiger partial charge in [0.05, 0.1) is 18.5 Å². The Morgan fingerprint density at radius 1 is 1.15 bits per heavy atom. The fraction of sp³-hybridized carbons (Fsp3) is 0.250. The minimum absolute atomic E-state index is 0.249. The van der Waals surface area contributed by atoms with Gasteiger partial charge in [-0.3, -0.25) is 4.79 Å². The first-order valence-electron chi connectivity index (χ1n) is 8.40. The lowest BCUT2D eigenvalue weighted by molar-refractivity contribution is 0.0945. The molecule has 1 aromatic heterocycles. The van der Waals surface area contributed by atoms with Crippen molar-refractivity contribution in [2.45, 2.75) is 27.3 Å². The Morgan fingerprint density at radius 3 is 2.69 bits per heavy atom. The maximum atomic E-state index is 12.5. The van der Waals surface area contributed by atoms with Gasteiger partial charge in [-0.1, -0.05) is 29.5 Å². The molecule has 0 spiro atoms. The number of carbonyl (C=O) groups excluding carboxylic acids is 1. The summed E-state index contributed by atoms with van der Waals surface area (Å²) in [6.07, 6.45) is 0. The van der Waals surface area contributed by atoms with Crippen molar-refractivity contribution in [3.8, 4) is 11.4 Å². The molecule has 0 fully saturated rings. The summed E-state index contributed by atoms with van der Waals surface area (Å²) in [5.74, 6) is 0.555. The van der Waals surface area contributed by atoms with Gasteiger partial charge >= 0.3 is 0 Å². The second-order valence-electron chi connectivity index (χ2n) is 6.26. The van der Waals surface area contributed by atoms with E-state index in [1.807, 2.05) is 63.2 Å². The smallest absolute Gasteiger partial charge is 0.274 e. The lowest BCUT2D eigenvalue weighted by atomic mass is 10.1. The van der Waals surface area contributed by atoms with E-state index in [2.05, 4.69) is 15.6 Å². The normalized spacial score (nSPS) is 10.6. The molecular formula is C20H22N4O2. The third kappa shape index (κ3) is 3.59. The van der Waals surface area contributed by atoms with Crippen LogP contribution in [0.5, 0.6) is 5.75 Å². The van der Waals surface area contributed by atoms with Crippen LogP contribution >= 0.6 is 0 Å². The van der Waals surface area contributed by atoms with Gasteiger partial charge < -0.3 is 10.1 Å². The van der Waals surface area contributed by atoms with Gasteiger partial charge in [-0.05, 0) is 55.7 Å². The summed E-state index contributed by atoms with van der Waals surface area (Å²) >= 11 is 0. The number of nitrogens with zero attached hydrogens (tertiary/aromatic N) is 3. The second kappa shape index (κ2) is 7.39. The highest BCUT2D eigenvalue weighted by molar-refractivity contribution is 5.93. The number of hydrogen-bond acceptors (Lipinski definition) is 4. The Morgan fingerprint density at radius 2 is 1.96 bits per heavy atom. The molecule has 0 radical (unpaired) electrons. The summed E-state index contributed by atoms with van der Waals surface area (Å²) < 4.78 is 7.00. The van der Waals surface area contributed by atoms with Crippen molar-refractivity contribution in [2.75, 3.05) is 7.11 Å². The Bertz CT molecular complexity index is 947. The van der Waals surface area contributed by atoms with Crippen LogP contribution in [0.15, 0.2) is 42.5 Å². The van der Waals surface area contributed by atoms with Crippen molar-refractivity contribution in [1.29, 1.82) is 0 Å². The number of amides is 1. The third-order valence-electron chi connectivity index (χ3n) is 4.28. The molecular weight excluding hydrogens is 328 g/mol. The molecule has 6 heteroatoms. The molecule has 0 atom stereocenters. The van der Waals surface area contributed by atoms with Gasteiger partial charge in [0, 0.05) is 6.54 Å². The van der Waals surface area contributed by atoms with E-state index >= 15 is 0 Å². The average molecular weight is 350 g/mol. The predicted molar refractivity (Wildman–Crippen MR) is 99.7 cm³/mol. The van der Waals surface area contributed by atoms with Crippen molar-refractivity contribution in [3.05, 3.63) is 70.5 Å². The third-order valence-corrected chi connectivity index (χ3v) is 4.28. The fourth-order valence-corrected chi connectivity index (χ4v) is 2.78. The van der Waals surface area contributed by atoms with Crippen LogP contribution in [0.3, 0.4) is 0 Å². The maximum absolute atomic E-state index is 12.5. The minimum Gasteiger partial charge on any atom is -0.496 e. The van der Waals surface area contributed by atoms with E-state index in [0.29, 0.717) is 17.9 Å². The first-order valence-corrected chi connectivity index (χ1v) is 8.40. The SMILES string of the molecule is COc1cc(CNC(=O)c2nnn(-c3cccc(C)c3)c2C)ccc1C. The standard InChI is InChI=1S/C20H22N4O2/c1-13-6-5-7-17(10-13)24-15(3)19(22-23-24)20(25)21-12-16-9-8-14(2)18(11-16)26-4/h5-11H,12H2,1-4H3,(H,21,25). The molecule has 134 valence electrons. The highest BCUT2D eigenvalue weighted by Gasteiger charge is 2.17. The summed E-state index contributed by atoms with van der Waals surface area (Å²) in [5.41, 5.74) is 5.05. The number of nitrogens with one attached hydrogen (secondary N) is 1. The van der Waals surface area contributed by atoms with Crippen LogP contribution in [0.2, 0.25) is 0 Å². The van der Waals surface area contributed by atoms with E-state index in [4.69, 9.17) is 4.74 Å². The molecule has 2 aromatic carbocycles. The topological polar surface area (TPSA) is 69.0 Å². The fourth-order valence-electron chi connectivity index (χ4n) is 2.78. The quantitative estimate of drug-likeness (QED) is 0.767. The molecule has 1 N–H and O–H groups in total. The van der Waals surface area contributed by atoms with Gasteiger partial charge in [0.15, 0.2) is 5.69 Å². The number of hydrogen-bond donors (Lipinski definition) is 1. The van der Waals surface area contributed by atoms with E-state index in [0.717, 1.165) is 28.1 Å².